The molecule has 1 aliphatic heterocycles. The maximum absolute atomic E-state index is 12.7. The first-order chi connectivity index (χ1) is 10.1. The first-order valence-electron chi connectivity index (χ1n) is 7.65. The molecule has 3 rings (SSSR count). The maximum Gasteiger partial charge on any atom is 0.226 e. The van der Waals surface area contributed by atoms with Crippen molar-refractivity contribution in [1.29, 1.82) is 0 Å². The van der Waals surface area contributed by atoms with Crippen molar-refractivity contribution < 1.29 is 9.53 Å². The summed E-state index contributed by atoms with van der Waals surface area (Å²) < 4.78 is 7.75. The number of allylic oxidation sites excluding steroid dienone is 2. The summed E-state index contributed by atoms with van der Waals surface area (Å²) in [7, 11) is 1.90. The highest BCUT2D eigenvalue weighted by Crippen LogP contribution is 2.31. The molecule has 0 spiro atoms. The van der Waals surface area contributed by atoms with Gasteiger partial charge in [0.15, 0.2) is 0 Å². The smallest absolute Gasteiger partial charge is 0.226 e. The highest BCUT2D eigenvalue weighted by molar-refractivity contribution is 5.79. The van der Waals surface area contributed by atoms with Crippen LogP contribution in [0, 0.1) is 5.92 Å². The second-order valence-corrected chi connectivity index (χ2v) is 6.22. The molecule has 5 nitrogen and oxygen atoms in total. The summed E-state index contributed by atoms with van der Waals surface area (Å²) in [4.78, 5) is 14.7. The molecular weight excluding hydrogens is 266 g/mol. The molecule has 0 unspecified atom stereocenters. The Balaban J connectivity index is 1.73. The van der Waals surface area contributed by atoms with Gasteiger partial charge in [-0.2, -0.15) is 5.10 Å². The third kappa shape index (κ3) is 2.88. The lowest BCUT2D eigenvalue weighted by Gasteiger charge is -2.41. The van der Waals surface area contributed by atoms with Crippen LogP contribution in [0.3, 0.4) is 0 Å². The van der Waals surface area contributed by atoms with Gasteiger partial charge in [0.2, 0.25) is 5.91 Å². The predicted molar refractivity (Wildman–Crippen MR) is 79.6 cm³/mol. The van der Waals surface area contributed by atoms with Gasteiger partial charge in [-0.1, -0.05) is 12.2 Å². The van der Waals surface area contributed by atoms with Gasteiger partial charge < -0.3 is 9.64 Å². The Morgan fingerprint density at radius 2 is 2.33 bits per heavy atom. The van der Waals surface area contributed by atoms with E-state index < -0.39 is 5.60 Å². The van der Waals surface area contributed by atoms with Crippen molar-refractivity contribution >= 4 is 5.91 Å². The number of carbonyl (C=O) groups excluding carboxylic acids is 1. The molecular formula is C16H23N3O2. The van der Waals surface area contributed by atoms with Gasteiger partial charge >= 0.3 is 0 Å². The average molecular weight is 289 g/mol. The Bertz CT molecular complexity index is 551. The van der Waals surface area contributed by atoms with Crippen LogP contribution in [0.2, 0.25) is 0 Å². The zero-order chi connectivity index (χ0) is 14.9. The molecule has 114 valence electrons. The van der Waals surface area contributed by atoms with Crippen molar-refractivity contribution in [2.75, 3.05) is 19.7 Å². The van der Waals surface area contributed by atoms with Crippen LogP contribution in [-0.2, 0) is 22.2 Å². The molecule has 2 atom stereocenters. The number of hydrogen-bond acceptors (Lipinski definition) is 3. The number of hydrogen-bond donors (Lipinski definition) is 0. The molecule has 2 heterocycles. The van der Waals surface area contributed by atoms with E-state index in [2.05, 4.69) is 17.3 Å². The Labute approximate surface area is 125 Å². The molecule has 1 aliphatic carbocycles. The number of ether oxygens (including phenoxy) is 1. The fraction of sp³-hybridized carbons (Fsp3) is 0.625. The average Bonchev–Trinajstić information content (AvgIpc) is 2.95. The van der Waals surface area contributed by atoms with Crippen LogP contribution in [0.1, 0.15) is 31.7 Å². The molecule has 1 amide bonds. The van der Waals surface area contributed by atoms with Crippen molar-refractivity contribution in [2.24, 2.45) is 13.0 Å². The molecule has 1 aromatic heterocycles. The summed E-state index contributed by atoms with van der Waals surface area (Å²) in [5.74, 6) is 0.420. The lowest BCUT2D eigenvalue weighted by Crippen LogP contribution is -2.52. The van der Waals surface area contributed by atoms with E-state index in [1.54, 1.807) is 4.68 Å². The molecule has 21 heavy (non-hydrogen) atoms. The molecule has 1 aromatic rings. The van der Waals surface area contributed by atoms with E-state index in [0.717, 1.165) is 24.8 Å². The maximum atomic E-state index is 12.7. The standard InChI is InChI=1S/C16H23N3O2/c1-16(14-10-17-18(2)11-14)12-19(8-9-21-16)15(20)13-6-4-3-5-7-13/h3-4,10-11,13H,5-9,12H2,1-2H3/t13-,16+/m0/s1. The SMILES string of the molecule is Cn1cc([C@@]2(C)CN(C(=O)[C@H]3CC=CCC3)CCO2)cn1. The number of rotatable bonds is 2. The van der Waals surface area contributed by atoms with E-state index in [9.17, 15) is 4.79 Å². The Morgan fingerprint density at radius 3 is 3.00 bits per heavy atom. The molecule has 1 saturated heterocycles. The zero-order valence-corrected chi connectivity index (χ0v) is 12.8. The van der Waals surface area contributed by atoms with Gasteiger partial charge in [-0.25, -0.2) is 0 Å². The number of aromatic nitrogens is 2. The number of morpholine rings is 1. The minimum atomic E-state index is -0.452. The number of nitrogens with zero attached hydrogens (tertiary/aromatic N) is 3. The summed E-state index contributed by atoms with van der Waals surface area (Å²) in [6.07, 6.45) is 11.0. The Morgan fingerprint density at radius 1 is 1.48 bits per heavy atom. The second kappa shape index (κ2) is 5.64. The fourth-order valence-corrected chi connectivity index (χ4v) is 3.20. The van der Waals surface area contributed by atoms with Gasteiger partial charge in [-0.15, -0.1) is 0 Å². The van der Waals surface area contributed by atoms with Crippen molar-refractivity contribution in [3.05, 3.63) is 30.1 Å². The summed E-state index contributed by atoms with van der Waals surface area (Å²) in [5, 5.41) is 4.22. The quantitative estimate of drug-likeness (QED) is 0.781. The minimum absolute atomic E-state index is 0.145. The van der Waals surface area contributed by atoms with Crippen LogP contribution in [0.25, 0.3) is 0 Å². The lowest BCUT2D eigenvalue weighted by molar-refractivity contribution is -0.153. The highest BCUT2D eigenvalue weighted by Gasteiger charge is 2.38. The van der Waals surface area contributed by atoms with E-state index in [1.807, 2.05) is 31.3 Å². The molecule has 0 aromatic carbocycles. The normalized spacial score (nSPS) is 29.6. The van der Waals surface area contributed by atoms with E-state index in [1.165, 1.54) is 0 Å². The van der Waals surface area contributed by atoms with E-state index >= 15 is 0 Å². The van der Waals surface area contributed by atoms with Crippen LogP contribution in [-0.4, -0.2) is 40.3 Å². The van der Waals surface area contributed by atoms with Crippen LogP contribution in [0.15, 0.2) is 24.5 Å². The number of carbonyl (C=O) groups is 1. The third-order valence-corrected chi connectivity index (χ3v) is 4.52. The minimum Gasteiger partial charge on any atom is -0.367 e. The predicted octanol–water partition coefficient (Wildman–Crippen LogP) is 1.85. The lowest BCUT2D eigenvalue weighted by atomic mass is 9.91. The molecule has 0 N–H and O–H groups in total. The van der Waals surface area contributed by atoms with Crippen LogP contribution >= 0.6 is 0 Å². The summed E-state index contributed by atoms with van der Waals surface area (Å²) in [6.45, 7) is 3.93. The molecule has 0 bridgehead atoms. The molecule has 0 saturated carbocycles. The van der Waals surface area contributed by atoms with Crippen LogP contribution in [0.5, 0.6) is 0 Å². The van der Waals surface area contributed by atoms with Crippen molar-refractivity contribution in [3.63, 3.8) is 0 Å². The van der Waals surface area contributed by atoms with Crippen molar-refractivity contribution in [3.8, 4) is 0 Å². The third-order valence-electron chi connectivity index (χ3n) is 4.52. The number of amides is 1. The number of aryl methyl sites for hydroxylation is 1. The summed E-state index contributed by atoms with van der Waals surface area (Å²) in [5.41, 5.74) is 0.582. The fourth-order valence-electron chi connectivity index (χ4n) is 3.20. The molecule has 1 fully saturated rings. The van der Waals surface area contributed by atoms with Gasteiger partial charge in [-0.05, 0) is 26.2 Å². The molecule has 5 heteroatoms. The topological polar surface area (TPSA) is 47.4 Å². The van der Waals surface area contributed by atoms with E-state index in [4.69, 9.17) is 4.74 Å². The first kappa shape index (κ1) is 14.3. The summed E-state index contributed by atoms with van der Waals surface area (Å²) in [6, 6.07) is 0. The van der Waals surface area contributed by atoms with Gasteiger partial charge in [0, 0.05) is 31.3 Å². The van der Waals surface area contributed by atoms with E-state index in [0.29, 0.717) is 19.7 Å². The van der Waals surface area contributed by atoms with Gasteiger partial charge in [0.05, 0.1) is 19.3 Å². The molecule has 0 radical (unpaired) electrons. The van der Waals surface area contributed by atoms with Crippen LogP contribution in [0.4, 0.5) is 0 Å². The van der Waals surface area contributed by atoms with Gasteiger partial charge in [0.1, 0.15) is 5.60 Å². The van der Waals surface area contributed by atoms with Crippen molar-refractivity contribution in [2.45, 2.75) is 31.8 Å². The van der Waals surface area contributed by atoms with E-state index in [-0.39, 0.29) is 11.8 Å². The van der Waals surface area contributed by atoms with Crippen LogP contribution < -0.4 is 0 Å². The van der Waals surface area contributed by atoms with Crippen molar-refractivity contribution in [1.82, 2.24) is 14.7 Å². The monoisotopic (exact) mass is 289 g/mol. The Hall–Kier alpha value is -1.62. The zero-order valence-electron chi connectivity index (χ0n) is 12.8. The van der Waals surface area contributed by atoms with Gasteiger partial charge in [-0.3, -0.25) is 9.48 Å². The first-order valence-corrected chi connectivity index (χ1v) is 7.65. The highest BCUT2D eigenvalue weighted by atomic mass is 16.5. The van der Waals surface area contributed by atoms with Gasteiger partial charge in [0.25, 0.3) is 0 Å². The summed E-state index contributed by atoms with van der Waals surface area (Å²) >= 11 is 0. The largest absolute Gasteiger partial charge is 0.367 e. The molecule has 2 aliphatic rings. The second-order valence-electron chi connectivity index (χ2n) is 6.22. The Kier molecular flexibility index (Phi) is 3.85.